The molecule has 1 atom stereocenters. The molecule has 1 N–H and O–H groups in total. The van der Waals surface area contributed by atoms with E-state index < -0.39 is 6.10 Å². The SMILES string of the molecule is CC(CO)OC(=O)Cc1ccc(-c2ccccc2)cc1. The normalized spacial score (nSPS) is 11.9. The van der Waals surface area contributed by atoms with Crippen molar-refractivity contribution < 1.29 is 14.6 Å². The molecule has 0 amide bonds. The Morgan fingerprint density at radius 3 is 2.25 bits per heavy atom. The van der Waals surface area contributed by atoms with Gasteiger partial charge in [-0.25, -0.2) is 0 Å². The van der Waals surface area contributed by atoms with Gasteiger partial charge in [0.05, 0.1) is 13.0 Å². The maximum absolute atomic E-state index is 11.6. The van der Waals surface area contributed by atoms with Crippen molar-refractivity contribution in [2.45, 2.75) is 19.4 Å². The van der Waals surface area contributed by atoms with Gasteiger partial charge in [-0.3, -0.25) is 4.79 Å². The van der Waals surface area contributed by atoms with Gasteiger partial charge in [-0.2, -0.15) is 0 Å². The van der Waals surface area contributed by atoms with Crippen LogP contribution in [-0.2, 0) is 16.0 Å². The molecule has 0 fully saturated rings. The highest BCUT2D eigenvalue weighted by molar-refractivity contribution is 5.73. The zero-order valence-corrected chi connectivity index (χ0v) is 11.5. The quantitative estimate of drug-likeness (QED) is 0.850. The van der Waals surface area contributed by atoms with E-state index in [2.05, 4.69) is 0 Å². The van der Waals surface area contributed by atoms with E-state index in [1.807, 2.05) is 54.6 Å². The number of aliphatic hydroxyl groups excluding tert-OH is 1. The van der Waals surface area contributed by atoms with Crippen LogP contribution in [0.25, 0.3) is 11.1 Å². The zero-order valence-electron chi connectivity index (χ0n) is 11.5. The number of esters is 1. The molecule has 3 nitrogen and oxygen atoms in total. The molecule has 0 heterocycles. The Bertz CT molecular complexity index is 546. The molecule has 104 valence electrons. The third-order valence-corrected chi connectivity index (χ3v) is 3.00. The molecular formula is C17H18O3. The fourth-order valence-corrected chi connectivity index (χ4v) is 1.92. The van der Waals surface area contributed by atoms with Crippen molar-refractivity contribution in [3.05, 3.63) is 60.2 Å². The highest BCUT2D eigenvalue weighted by atomic mass is 16.5. The summed E-state index contributed by atoms with van der Waals surface area (Å²) in [6, 6.07) is 17.9. The molecule has 20 heavy (non-hydrogen) atoms. The molecule has 0 saturated heterocycles. The van der Waals surface area contributed by atoms with Gasteiger partial charge < -0.3 is 9.84 Å². The Morgan fingerprint density at radius 1 is 1.05 bits per heavy atom. The Labute approximate surface area is 118 Å². The van der Waals surface area contributed by atoms with E-state index >= 15 is 0 Å². The second-order valence-electron chi connectivity index (χ2n) is 4.72. The van der Waals surface area contributed by atoms with Crippen LogP contribution in [0.1, 0.15) is 12.5 Å². The summed E-state index contributed by atoms with van der Waals surface area (Å²) in [4.78, 5) is 11.6. The van der Waals surface area contributed by atoms with Gasteiger partial charge in [0.1, 0.15) is 6.10 Å². The number of benzene rings is 2. The fraction of sp³-hybridized carbons (Fsp3) is 0.235. The van der Waals surface area contributed by atoms with Gasteiger partial charge in [0.2, 0.25) is 0 Å². The van der Waals surface area contributed by atoms with E-state index in [0.717, 1.165) is 16.7 Å². The average molecular weight is 270 g/mol. The van der Waals surface area contributed by atoms with E-state index in [0.29, 0.717) is 0 Å². The molecule has 0 radical (unpaired) electrons. The predicted molar refractivity (Wildman–Crippen MR) is 78.2 cm³/mol. The second-order valence-corrected chi connectivity index (χ2v) is 4.72. The minimum Gasteiger partial charge on any atom is -0.460 e. The van der Waals surface area contributed by atoms with E-state index in [4.69, 9.17) is 9.84 Å². The number of ether oxygens (including phenoxy) is 1. The number of aliphatic hydroxyl groups is 1. The van der Waals surface area contributed by atoms with Crippen molar-refractivity contribution >= 4 is 5.97 Å². The number of hydrogen-bond donors (Lipinski definition) is 1. The number of hydrogen-bond acceptors (Lipinski definition) is 3. The van der Waals surface area contributed by atoms with Crippen LogP contribution in [0.3, 0.4) is 0 Å². The summed E-state index contributed by atoms with van der Waals surface area (Å²) in [6.07, 6.45) is -0.231. The summed E-state index contributed by atoms with van der Waals surface area (Å²) >= 11 is 0. The molecule has 1 unspecified atom stereocenters. The van der Waals surface area contributed by atoms with Crippen molar-refractivity contribution in [3.63, 3.8) is 0 Å². The summed E-state index contributed by atoms with van der Waals surface area (Å²) in [5, 5.41) is 8.83. The number of carbonyl (C=O) groups is 1. The maximum Gasteiger partial charge on any atom is 0.310 e. The minimum atomic E-state index is -0.453. The van der Waals surface area contributed by atoms with Crippen LogP contribution in [0.5, 0.6) is 0 Å². The van der Waals surface area contributed by atoms with E-state index in [1.54, 1.807) is 6.92 Å². The highest BCUT2D eigenvalue weighted by Crippen LogP contribution is 2.19. The van der Waals surface area contributed by atoms with Crippen LogP contribution in [-0.4, -0.2) is 23.8 Å². The third kappa shape index (κ3) is 3.93. The molecular weight excluding hydrogens is 252 g/mol. The van der Waals surface area contributed by atoms with E-state index in [1.165, 1.54) is 0 Å². The van der Waals surface area contributed by atoms with Crippen LogP contribution >= 0.6 is 0 Å². The Balaban J connectivity index is 2.00. The van der Waals surface area contributed by atoms with Crippen LogP contribution < -0.4 is 0 Å². The first-order valence-corrected chi connectivity index (χ1v) is 6.63. The average Bonchev–Trinajstić information content (AvgIpc) is 2.48. The van der Waals surface area contributed by atoms with Crippen molar-refractivity contribution in [3.8, 4) is 11.1 Å². The van der Waals surface area contributed by atoms with Gasteiger partial charge in [-0.05, 0) is 23.6 Å². The lowest BCUT2D eigenvalue weighted by Crippen LogP contribution is -2.19. The van der Waals surface area contributed by atoms with Crippen molar-refractivity contribution in [2.75, 3.05) is 6.61 Å². The Morgan fingerprint density at radius 2 is 1.65 bits per heavy atom. The molecule has 0 bridgehead atoms. The first kappa shape index (κ1) is 14.3. The molecule has 3 heteroatoms. The topological polar surface area (TPSA) is 46.5 Å². The first-order chi connectivity index (χ1) is 9.69. The molecule has 0 aliphatic heterocycles. The maximum atomic E-state index is 11.6. The molecule has 0 aliphatic rings. The van der Waals surface area contributed by atoms with Gasteiger partial charge in [0, 0.05) is 0 Å². The minimum absolute atomic E-state index is 0.154. The Hall–Kier alpha value is -2.13. The number of rotatable bonds is 5. The zero-order chi connectivity index (χ0) is 14.4. The standard InChI is InChI=1S/C17H18O3/c1-13(12-18)20-17(19)11-14-7-9-16(10-8-14)15-5-3-2-4-6-15/h2-10,13,18H,11-12H2,1H3. The summed E-state index contributed by atoms with van der Waals surface area (Å²) in [6.45, 7) is 1.51. The monoisotopic (exact) mass is 270 g/mol. The summed E-state index contributed by atoms with van der Waals surface area (Å²) in [5.74, 6) is -0.320. The summed E-state index contributed by atoms with van der Waals surface area (Å²) in [5.41, 5.74) is 3.17. The molecule has 0 saturated carbocycles. The van der Waals surface area contributed by atoms with Gasteiger partial charge in [-0.1, -0.05) is 54.6 Å². The van der Waals surface area contributed by atoms with Crippen LogP contribution in [0.4, 0.5) is 0 Å². The van der Waals surface area contributed by atoms with Crippen molar-refractivity contribution in [2.24, 2.45) is 0 Å². The summed E-state index contributed by atoms with van der Waals surface area (Å²) < 4.78 is 5.03. The lowest BCUT2D eigenvalue weighted by molar-refractivity contribution is -0.149. The smallest absolute Gasteiger partial charge is 0.310 e. The van der Waals surface area contributed by atoms with Gasteiger partial charge in [0.15, 0.2) is 0 Å². The Kier molecular flexibility index (Phi) is 4.91. The molecule has 2 rings (SSSR count). The van der Waals surface area contributed by atoms with E-state index in [9.17, 15) is 4.79 Å². The lowest BCUT2D eigenvalue weighted by Gasteiger charge is -2.10. The molecule has 2 aromatic rings. The number of carbonyl (C=O) groups excluding carboxylic acids is 1. The predicted octanol–water partition coefficient (Wildman–Crippen LogP) is 2.82. The second kappa shape index (κ2) is 6.87. The molecule has 0 aromatic heterocycles. The van der Waals surface area contributed by atoms with Gasteiger partial charge in [-0.15, -0.1) is 0 Å². The van der Waals surface area contributed by atoms with Crippen molar-refractivity contribution in [1.82, 2.24) is 0 Å². The third-order valence-electron chi connectivity index (χ3n) is 3.00. The highest BCUT2D eigenvalue weighted by Gasteiger charge is 2.09. The van der Waals surface area contributed by atoms with E-state index in [-0.39, 0.29) is 19.0 Å². The van der Waals surface area contributed by atoms with Crippen molar-refractivity contribution in [1.29, 1.82) is 0 Å². The van der Waals surface area contributed by atoms with Gasteiger partial charge in [0.25, 0.3) is 0 Å². The molecule has 2 aromatic carbocycles. The van der Waals surface area contributed by atoms with Crippen LogP contribution in [0, 0.1) is 0 Å². The van der Waals surface area contributed by atoms with Crippen LogP contribution in [0.15, 0.2) is 54.6 Å². The fourth-order valence-electron chi connectivity index (χ4n) is 1.92. The lowest BCUT2D eigenvalue weighted by atomic mass is 10.0. The summed E-state index contributed by atoms with van der Waals surface area (Å²) in [7, 11) is 0. The molecule has 0 spiro atoms. The largest absolute Gasteiger partial charge is 0.460 e. The van der Waals surface area contributed by atoms with Crippen LogP contribution in [0.2, 0.25) is 0 Å². The molecule has 0 aliphatic carbocycles. The van der Waals surface area contributed by atoms with Gasteiger partial charge >= 0.3 is 5.97 Å². The first-order valence-electron chi connectivity index (χ1n) is 6.63.